The van der Waals surface area contributed by atoms with Gasteiger partial charge in [-0.05, 0) is 42.3 Å². The number of benzene rings is 2. The molecule has 0 aliphatic carbocycles. The minimum atomic E-state index is -4.11. The topological polar surface area (TPSA) is 72.5 Å². The molecule has 0 unspecified atom stereocenters. The smallest absolute Gasteiger partial charge is 0.340 e. The lowest BCUT2D eigenvalue weighted by molar-refractivity contribution is -0.116. The Kier molecular flexibility index (Phi) is 4.23. The van der Waals surface area contributed by atoms with E-state index in [0.717, 1.165) is 5.56 Å². The molecule has 1 heterocycles. The lowest BCUT2D eigenvalue weighted by Gasteiger charge is -2.17. The molecule has 0 atom stereocenters. The van der Waals surface area contributed by atoms with E-state index in [1.807, 2.05) is 0 Å². The molecule has 1 amide bonds. The van der Waals surface area contributed by atoms with Crippen molar-refractivity contribution in [3.05, 3.63) is 52.0 Å². The molecule has 2 aromatic carbocycles. The second kappa shape index (κ2) is 6.03. The van der Waals surface area contributed by atoms with Crippen LogP contribution in [-0.2, 0) is 21.3 Å². The van der Waals surface area contributed by atoms with Gasteiger partial charge in [0.25, 0.3) is 0 Å². The van der Waals surface area contributed by atoms with E-state index >= 15 is 0 Å². The number of carbonyl (C=O) groups excluding carboxylic acids is 1. The standard InChI is InChI=1S/C15H11Cl2NO4S/c16-11-2-1-3-13(15(11)17)23(20,21)22-10-5-6-12-9(8-10)4-7-14(19)18-12/h1-3,5-6,8H,4,7H2,(H,18,19). The van der Waals surface area contributed by atoms with Crippen LogP contribution >= 0.6 is 23.2 Å². The van der Waals surface area contributed by atoms with Crippen LogP contribution in [0.25, 0.3) is 0 Å². The Morgan fingerprint density at radius 3 is 2.65 bits per heavy atom. The highest BCUT2D eigenvalue weighted by Gasteiger charge is 2.23. The maximum Gasteiger partial charge on any atom is 0.340 e. The number of hydrogen-bond donors (Lipinski definition) is 1. The first kappa shape index (κ1) is 16.1. The lowest BCUT2D eigenvalue weighted by atomic mass is 10.0. The highest BCUT2D eigenvalue weighted by molar-refractivity contribution is 7.87. The number of rotatable bonds is 3. The first-order valence-electron chi connectivity index (χ1n) is 6.68. The van der Waals surface area contributed by atoms with Crippen molar-refractivity contribution in [2.24, 2.45) is 0 Å². The molecule has 0 saturated carbocycles. The molecule has 8 heteroatoms. The fourth-order valence-corrected chi connectivity index (χ4v) is 3.92. The van der Waals surface area contributed by atoms with Crippen LogP contribution in [0.3, 0.4) is 0 Å². The number of aryl methyl sites for hydroxylation is 1. The van der Waals surface area contributed by atoms with Crippen molar-refractivity contribution >= 4 is 44.9 Å². The number of amides is 1. The Hall–Kier alpha value is -1.76. The molecule has 23 heavy (non-hydrogen) atoms. The van der Waals surface area contributed by atoms with Gasteiger partial charge in [-0.2, -0.15) is 8.42 Å². The minimum Gasteiger partial charge on any atom is -0.379 e. The number of hydrogen-bond acceptors (Lipinski definition) is 4. The maximum atomic E-state index is 12.4. The predicted octanol–water partition coefficient (Wildman–Crippen LogP) is 3.65. The number of fused-ring (bicyclic) bond motifs is 1. The maximum absolute atomic E-state index is 12.4. The summed E-state index contributed by atoms with van der Waals surface area (Å²) in [6, 6.07) is 8.96. The van der Waals surface area contributed by atoms with Crippen LogP contribution < -0.4 is 9.50 Å². The third-order valence-corrected chi connectivity index (χ3v) is 5.59. The van der Waals surface area contributed by atoms with Crippen molar-refractivity contribution in [2.75, 3.05) is 5.32 Å². The molecule has 1 N–H and O–H groups in total. The van der Waals surface area contributed by atoms with Crippen LogP contribution in [0.2, 0.25) is 10.0 Å². The van der Waals surface area contributed by atoms with E-state index in [4.69, 9.17) is 27.4 Å². The molecule has 5 nitrogen and oxygen atoms in total. The van der Waals surface area contributed by atoms with Crippen molar-refractivity contribution < 1.29 is 17.4 Å². The zero-order valence-electron chi connectivity index (χ0n) is 11.7. The molecule has 3 rings (SSSR count). The van der Waals surface area contributed by atoms with Crippen molar-refractivity contribution in [3.63, 3.8) is 0 Å². The van der Waals surface area contributed by atoms with E-state index in [9.17, 15) is 13.2 Å². The van der Waals surface area contributed by atoms with Crippen LogP contribution in [-0.4, -0.2) is 14.3 Å². The molecule has 0 spiro atoms. The quantitative estimate of drug-likeness (QED) is 0.835. The largest absolute Gasteiger partial charge is 0.379 e. The van der Waals surface area contributed by atoms with Gasteiger partial charge in [0.1, 0.15) is 10.6 Å². The highest BCUT2D eigenvalue weighted by Crippen LogP contribution is 2.32. The van der Waals surface area contributed by atoms with Crippen LogP contribution in [0.15, 0.2) is 41.3 Å². The van der Waals surface area contributed by atoms with E-state index in [2.05, 4.69) is 5.32 Å². The second-order valence-electron chi connectivity index (χ2n) is 4.96. The predicted molar refractivity (Wildman–Crippen MR) is 87.7 cm³/mol. The summed E-state index contributed by atoms with van der Waals surface area (Å²) >= 11 is 11.8. The molecule has 0 radical (unpaired) electrons. The Bertz CT molecular complexity index is 896. The SMILES string of the molecule is O=C1CCc2cc(OS(=O)(=O)c3cccc(Cl)c3Cl)ccc2N1. The zero-order valence-corrected chi connectivity index (χ0v) is 14.0. The first-order chi connectivity index (χ1) is 10.9. The van der Waals surface area contributed by atoms with Crippen LogP contribution in [0.1, 0.15) is 12.0 Å². The molecule has 120 valence electrons. The van der Waals surface area contributed by atoms with Gasteiger partial charge in [0, 0.05) is 12.1 Å². The van der Waals surface area contributed by atoms with Gasteiger partial charge in [0.05, 0.1) is 10.0 Å². The van der Waals surface area contributed by atoms with Gasteiger partial charge in [-0.15, -0.1) is 0 Å². The normalized spacial score (nSPS) is 14.1. The second-order valence-corrected chi connectivity index (χ2v) is 7.26. The molecule has 0 bridgehead atoms. The van der Waals surface area contributed by atoms with Gasteiger partial charge in [-0.1, -0.05) is 29.3 Å². The molecule has 1 aliphatic heterocycles. The van der Waals surface area contributed by atoms with Gasteiger partial charge < -0.3 is 9.50 Å². The third-order valence-electron chi connectivity index (χ3n) is 3.36. The molecule has 0 saturated heterocycles. The molecule has 0 fully saturated rings. The fourth-order valence-electron chi connectivity index (χ4n) is 2.26. The molecule has 1 aliphatic rings. The zero-order chi connectivity index (χ0) is 16.6. The summed E-state index contributed by atoms with van der Waals surface area (Å²) in [7, 11) is -4.11. The average Bonchev–Trinajstić information content (AvgIpc) is 2.49. The number of halogens is 2. The summed E-state index contributed by atoms with van der Waals surface area (Å²) in [5, 5.41) is 2.76. The molecular weight excluding hydrogens is 361 g/mol. The van der Waals surface area contributed by atoms with E-state index in [0.29, 0.717) is 18.5 Å². The van der Waals surface area contributed by atoms with Gasteiger partial charge in [0.15, 0.2) is 0 Å². The fraction of sp³-hybridized carbons (Fsp3) is 0.133. The Morgan fingerprint density at radius 2 is 1.87 bits per heavy atom. The summed E-state index contributed by atoms with van der Waals surface area (Å²) in [4.78, 5) is 11.1. The van der Waals surface area contributed by atoms with Gasteiger partial charge in [0.2, 0.25) is 5.91 Å². The minimum absolute atomic E-state index is 0.0653. The van der Waals surface area contributed by atoms with Gasteiger partial charge >= 0.3 is 10.1 Å². The molecular formula is C15H11Cl2NO4S. The van der Waals surface area contributed by atoms with Crippen LogP contribution in [0.5, 0.6) is 5.75 Å². The van der Waals surface area contributed by atoms with Crippen molar-refractivity contribution in [1.29, 1.82) is 0 Å². The van der Waals surface area contributed by atoms with Crippen molar-refractivity contribution in [3.8, 4) is 5.75 Å². The van der Waals surface area contributed by atoms with Crippen molar-refractivity contribution in [1.82, 2.24) is 0 Å². The third kappa shape index (κ3) is 3.29. The van der Waals surface area contributed by atoms with Gasteiger partial charge in [-0.3, -0.25) is 4.79 Å². The number of anilines is 1. The monoisotopic (exact) mass is 371 g/mol. The number of nitrogens with one attached hydrogen (secondary N) is 1. The highest BCUT2D eigenvalue weighted by atomic mass is 35.5. The van der Waals surface area contributed by atoms with E-state index in [-0.39, 0.29) is 26.6 Å². The van der Waals surface area contributed by atoms with E-state index in [1.165, 1.54) is 24.3 Å². The van der Waals surface area contributed by atoms with E-state index in [1.54, 1.807) is 12.1 Å². The summed E-state index contributed by atoms with van der Waals surface area (Å²) in [6.45, 7) is 0. The molecule has 0 aromatic heterocycles. The Balaban J connectivity index is 1.92. The summed E-state index contributed by atoms with van der Waals surface area (Å²) in [5.74, 6) is 0.0837. The summed E-state index contributed by atoms with van der Waals surface area (Å²) in [6.07, 6.45) is 0.875. The number of carbonyl (C=O) groups is 1. The van der Waals surface area contributed by atoms with Crippen LogP contribution in [0, 0.1) is 0 Å². The Morgan fingerprint density at radius 1 is 1.09 bits per heavy atom. The van der Waals surface area contributed by atoms with Crippen LogP contribution in [0.4, 0.5) is 5.69 Å². The summed E-state index contributed by atoms with van der Waals surface area (Å²) in [5.41, 5.74) is 1.47. The van der Waals surface area contributed by atoms with Crippen molar-refractivity contribution in [2.45, 2.75) is 17.7 Å². The Labute approximate surface area is 143 Å². The van der Waals surface area contributed by atoms with E-state index < -0.39 is 10.1 Å². The lowest BCUT2D eigenvalue weighted by Crippen LogP contribution is -2.19. The first-order valence-corrected chi connectivity index (χ1v) is 8.84. The summed E-state index contributed by atoms with van der Waals surface area (Å²) < 4.78 is 29.9. The van der Waals surface area contributed by atoms with Gasteiger partial charge in [-0.25, -0.2) is 0 Å². The average molecular weight is 372 g/mol. The molecule has 2 aromatic rings.